The van der Waals surface area contributed by atoms with E-state index >= 15 is 0 Å². The van der Waals surface area contributed by atoms with Gasteiger partial charge in [0.05, 0.1) is 17.6 Å². The molecule has 0 bridgehead atoms. The van der Waals surface area contributed by atoms with Crippen LogP contribution in [-0.4, -0.2) is 45.9 Å². The molecule has 0 atom stereocenters. The molecule has 1 aliphatic heterocycles. The number of imidazole rings is 1. The van der Waals surface area contributed by atoms with E-state index in [-0.39, 0.29) is 18.4 Å². The molecule has 2 aromatic carbocycles. The molecule has 27 heavy (non-hydrogen) atoms. The standard InChI is InChI=1S/C21H22N4O2/c1-15-23-18-13-16(21(27)22-14-20(26)24-11-5-6-12-24)9-10-19(18)25(15)17-7-3-2-4-8-17/h2-4,7-10,13H,5-6,11-12,14H2,1H3,(H,22,27). The van der Waals surface area contributed by atoms with Gasteiger partial charge < -0.3 is 10.2 Å². The summed E-state index contributed by atoms with van der Waals surface area (Å²) in [6, 6.07) is 15.5. The second-order valence-electron chi connectivity index (χ2n) is 6.80. The van der Waals surface area contributed by atoms with Crippen molar-refractivity contribution in [3.8, 4) is 5.69 Å². The predicted molar refractivity (Wildman–Crippen MR) is 104 cm³/mol. The number of benzene rings is 2. The molecular formula is C21H22N4O2. The van der Waals surface area contributed by atoms with Gasteiger partial charge in [-0.2, -0.15) is 0 Å². The summed E-state index contributed by atoms with van der Waals surface area (Å²) in [6.07, 6.45) is 2.08. The van der Waals surface area contributed by atoms with Crippen LogP contribution in [0.5, 0.6) is 0 Å². The Morgan fingerprint density at radius 3 is 2.56 bits per heavy atom. The fraction of sp³-hybridized carbons (Fsp3) is 0.286. The van der Waals surface area contributed by atoms with E-state index in [0.717, 1.165) is 48.5 Å². The van der Waals surface area contributed by atoms with Crippen molar-refractivity contribution >= 4 is 22.8 Å². The van der Waals surface area contributed by atoms with Crippen LogP contribution in [0.25, 0.3) is 16.7 Å². The lowest BCUT2D eigenvalue weighted by atomic mass is 10.2. The third kappa shape index (κ3) is 3.43. The van der Waals surface area contributed by atoms with Crippen molar-refractivity contribution in [3.63, 3.8) is 0 Å². The number of nitrogens with zero attached hydrogens (tertiary/aromatic N) is 3. The minimum atomic E-state index is -0.253. The van der Waals surface area contributed by atoms with Crippen molar-refractivity contribution in [1.29, 1.82) is 0 Å². The number of carbonyl (C=O) groups is 2. The summed E-state index contributed by atoms with van der Waals surface area (Å²) in [5.41, 5.74) is 3.25. The Bertz CT molecular complexity index is 988. The molecule has 0 unspecified atom stereocenters. The molecule has 2 heterocycles. The van der Waals surface area contributed by atoms with E-state index in [1.54, 1.807) is 17.0 Å². The van der Waals surface area contributed by atoms with Gasteiger partial charge >= 0.3 is 0 Å². The number of hydrogen-bond donors (Lipinski definition) is 1. The Hall–Kier alpha value is -3.15. The first-order chi connectivity index (χ1) is 13.1. The van der Waals surface area contributed by atoms with Crippen LogP contribution in [0.1, 0.15) is 29.0 Å². The molecule has 2 amide bonds. The molecule has 0 aliphatic carbocycles. The van der Waals surface area contributed by atoms with Crippen molar-refractivity contribution in [2.45, 2.75) is 19.8 Å². The number of nitrogens with one attached hydrogen (secondary N) is 1. The zero-order chi connectivity index (χ0) is 18.8. The van der Waals surface area contributed by atoms with Crippen LogP contribution in [-0.2, 0) is 4.79 Å². The topological polar surface area (TPSA) is 67.2 Å². The van der Waals surface area contributed by atoms with Crippen LogP contribution in [0.2, 0.25) is 0 Å². The van der Waals surface area contributed by atoms with E-state index in [2.05, 4.69) is 14.9 Å². The average Bonchev–Trinajstić information content (AvgIpc) is 3.33. The first-order valence-electron chi connectivity index (χ1n) is 9.24. The van der Waals surface area contributed by atoms with Gasteiger partial charge in [-0.05, 0) is 50.1 Å². The normalized spacial score (nSPS) is 13.9. The molecule has 3 aromatic rings. The van der Waals surface area contributed by atoms with Gasteiger partial charge in [0.1, 0.15) is 5.82 Å². The van der Waals surface area contributed by atoms with Gasteiger partial charge in [0.2, 0.25) is 5.91 Å². The lowest BCUT2D eigenvalue weighted by Gasteiger charge is -2.15. The van der Waals surface area contributed by atoms with Crippen LogP contribution >= 0.6 is 0 Å². The molecule has 1 aromatic heterocycles. The maximum Gasteiger partial charge on any atom is 0.251 e. The second kappa shape index (κ2) is 7.23. The highest BCUT2D eigenvalue weighted by Gasteiger charge is 2.19. The Labute approximate surface area is 157 Å². The summed E-state index contributed by atoms with van der Waals surface area (Å²) in [5.74, 6) is 0.584. The summed E-state index contributed by atoms with van der Waals surface area (Å²) >= 11 is 0. The summed E-state index contributed by atoms with van der Waals surface area (Å²) < 4.78 is 2.06. The van der Waals surface area contributed by atoms with Crippen molar-refractivity contribution in [1.82, 2.24) is 19.8 Å². The van der Waals surface area contributed by atoms with E-state index in [9.17, 15) is 9.59 Å². The van der Waals surface area contributed by atoms with Crippen molar-refractivity contribution in [3.05, 3.63) is 59.9 Å². The van der Waals surface area contributed by atoms with Crippen molar-refractivity contribution in [2.24, 2.45) is 0 Å². The molecule has 1 fully saturated rings. The van der Waals surface area contributed by atoms with Crippen LogP contribution in [0.15, 0.2) is 48.5 Å². The number of amides is 2. The average molecular weight is 362 g/mol. The number of rotatable bonds is 4. The first kappa shape index (κ1) is 17.3. The van der Waals surface area contributed by atoms with Crippen LogP contribution in [0.3, 0.4) is 0 Å². The molecule has 138 valence electrons. The molecule has 6 heteroatoms. The number of aryl methyl sites for hydroxylation is 1. The third-order valence-electron chi connectivity index (χ3n) is 4.96. The minimum Gasteiger partial charge on any atom is -0.343 e. The summed E-state index contributed by atoms with van der Waals surface area (Å²) in [6.45, 7) is 3.56. The van der Waals surface area contributed by atoms with E-state index in [1.807, 2.05) is 43.3 Å². The van der Waals surface area contributed by atoms with Crippen LogP contribution < -0.4 is 5.32 Å². The van der Waals surface area contributed by atoms with Gasteiger partial charge in [0, 0.05) is 24.3 Å². The van der Waals surface area contributed by atoms with E-state index in [4.69, 9.17) is 0 Å². The quantitative estimate of drug-likeness (QED) is 0.776. The number of carbonyl (C=O) groups excluding carboxylic acids is 2. The van der Waals surface area contributed by atoms with Crippen LogP contribution in [0.4, 0.5) is 0 Å². The van der Waals surface area contributed by atoms with Gasteiger partial charge in [0.25, 0.3) is 5.91 Å². The Balaban J connectivity index is 1.53. The molecule has 4 rings (SSSR count). The SMILES string of the molecule is Cc1nc2cc(C(=O)NCC(=O)N3CCCC3)ccc2n1-c1ccccc1. The second-order valence-corrected chi connectivity index (χ2v) is 6.80. The summed E-state index contributed by atoms with van der Waals surface area (Å²) in [5, 5.41) is 2.73. The number of aromatic nitrogens is 2. The molecule has 6 nitrogen and oxygen atoms in total. The number of hydrogen-bond acceptors (Lipinski definition) is 3. The summed E-state index contributed by atoms with van der Waals surface area (Å²) in [7, 11) is 0. The van der Waals surface area contributed by atoms with Gasteiger partial charge in [-0.25, -0.2) is 4.98 Å². The fourth-order valence-corrected chi connectivity index (χ4v) is 3.58. The van der Waals surface area contributed by atoms with Gasteiger partial charge in [-0.15, -0.1) is 0 Å². The summed E-state index contributed by atoms with van der Waals surface area (Å²) in [4.78, 5) is 30.9. The van der Waals surface area contributed by atoms with E-state index in [1.165, 1.54) is 0 Å². The maximum absolute atomic E-state index is 12.5. The first-order valence-corrected chi connectivity index (χ1v) is 9.24. The predicted octanol–water partition coefficient (Wildman–Crippen LogP) is 2.69. The third-order valence-corrected chi connectivity index (χ3v) is 4.96. The van der Waals surface area contributed by atoms with E-state index in [0.29, 0.717) is 5.56 Å². The van der Waals surface area contributed by atoms with Crippen molar-refractivity contribution < 1.29 is 9.59 Å². The number of fused-ring (bicyclic) bond motifs is 1. The fourth-order valence-electron chi connectivity index (χ4n) is 3.58. The highest BCUT2D eigenvalue weighted by molar-refractivity contribution is 5.99. The number of likely N-dealkylation sites (tertiary alicyclic amines) is 1. The van der Waals surface area contributed by atoms with Gasteiger partial charge in [0.15, 0.2) is 0 Å². The molecular weight excluding hydrogens is 340 g/mol. The largest absolute Gasteiger partial charge is 0.343 e. The minimum absolute atomic E-state index is 0.0221. The zero-order valence-corrected chi connectivity index (χ0v) is 15.3. The smallest absolute Gasteiger partial charge is 0.251 e. The highest BCUT2D eigenvalue weighted by Crippen LogP contribution is 2.22. The molecule has 1 saturated heterocycles. The zero-order valence-electron chi connectivity index (χ0n) is 15.3. The van der Waals surface area contributed by atoms with Crippen molar-refractivity contribution in [2.75, 3.05) is 19.6 Å². The molecule has 1 aliphatic rings. The Morgan fingerprint density at radius 1 is 1.07 bits per heavy atom. The number of para-hydroxylation sites is 1. The maximum atomic E-state index is 12.5. The molecule has 0 spiro atoms. The van der Waals surface area contributed by atoms with Crippen LogP contribution in [0, 0.1) is 6.92 Å². The highest BCUT2D eigenvalue weighted by atomic mass is 16.2. The molecule has 1 N–H and O–H groups in total. The molecule has 0 radical (unpaired) electrons. The molecule has 0 saturated carbocycles. The van der Waals surface area contributed by atoms with Gasteiger partial charge in [-0.3, -0.25) is 14.2 Å². The lowest BCUT2D eigenvalue weighted by Crippen LogP contribution is -2.38. The van der Waals surface area contributed by atoms with E-state index < -0.39 is 0 Å². The monoisotopic (exact) mass is 362 g/mol. The lowest BCUT2D eigenvalue weighted by molar-refractivity contribution is -0.129. The Kier molecular flexibility index (Phi) is 4.62. The van der Waals surface area contributed by atoms with Gasteiger partial charge in [-0.1, -0.05) is 18.2 Å². The Morgan fingerprint density at radius 2 is 1.81 bits per heavy atom.